The van der Waals surface area contributed by atoms with Gasteiger partial charge in [0.25, 0.3) is 0 Å². The van der Waals surface area contributed by atoms with Gasteiger partial charge in [-0.05, 0) is 56.7 Å². The van der Waals surface area contributed by atoms with E-state index in [1.165, 1.54) is 58.3 Å². The van der Waals surface area contributed by atoms with Crippen LogP contribution in [0.25, 0.3) is 0 Å². The summed E-state index contributed by atoms with van der Waals surface area (Å²) in [6.45, 7) is 12.3. The molecule has 0 spiro atoms. The van der Waals surface area contributed by atoms with Crippen LogP contribution in [-0.2, 0) is 0 Å². The monoisotopic (exact) mass is 238 g/mol. The SMILES string of the molecule is CCN(CC1CCNCC1)C1CCCC1(C)C. The highest BCUT2D eigenvalue weighted by molar-refractivity contribution is 4.92. The lowest BCUT2D eigenvalue weighted by Crippen LogP contribution is -2.45. The van der Waals surface area contributed by atoms with E-state index in [1.807, 2.05) is 0 Å². The molecule has 0 aromatic rings. The van der Waals surface area contributed by atoms with Gasteiger partial charge in [-0.25, -0.2) is 0 Å². The van der Waals surface area contributed by atoms with Gasteiger partial charge >= 0.3 is 0 Å². The fourth-order valence-electron chi connectivity index (χ4n) is 3.86. The predicted octanol–water partition coefficient (Wildman–Crippen LogP) is 2.89. The number of piperidine rings is 1. The van der Waals surface area contributed by atoms with Gasteiger partial charge in [0.15, 0.2) is 0 Å². The van der Waals surface area contributed by atoms with Crippen molar-refractivity contribution in [1.29, 1.82) is 0 Å². The van der Waals surface area contributed by atoms with Gasteiger partial charge in [0.05, 0.1) is 0 Å². The Kier molecular flexibility index (Phi) is 4.48. The molecule has 0 bridgehead atoms. The first kappa shape index (κ1) is 13.4. The number of rotatable bonds is 4. The molecule has 0 radical (unpaired) electrons. The summed E-state index contributed by atoms with van der Waals surface area (Å²) >= 11 is 0. The smallest absolute Gasteiger partial charge is 0.0146 e. The van der Waals surface area contributed by atoms with E-state index >= 15 is 0 Å². The molecule has 0 aromatic carbocycles. The second kappa shape index (κ2) is 5.71. The van der Waals surface area contributed by atoms with E-state index in [4.69, 9.17) is 0 Å². The minimum absolute atomic E-state index is 0.545. The summed E-state index contributed by atoms with van der Waals surface area (Å²) in [7, 11) is 0. The zero-order chi connectivity index (χ0) is 12.3. The summed E-state index contributed by atoms with van der Waals surface area (Å²) in [6.07, 6.45) is 7.03. The summed E-state index contributed by atoms with van der Waals surface area (Å²) < 4.78 is 0. The summed E-state index contributed by atoms with van der Waals surface area (Å²) in [5.74, 6) is 0.938. The summed E-state index contributed by atoms with van der Waals surface area (Å²) in [5.41, 5.74) is 0.545. The first-order valence-electron chi connectivity index (χ1n) is 7.58. The zero-order valence-electron chi connectivity index (χ0n) is 12.0. The third kappa shape index (κ3) is 3.23. The van der Waals surface area contributed by atoms with Crippen LogP contribution in [0.5, 0.6) is 0 Å². The molecule has 2 nitrogen and oxygen atoms in total. The molecule has 2 fully saturated rings. The Morgan fingerprint density at radius 1 is 1.18 bits per heavy atom. The Hall–Kier alpha value is -0.0800. The average molecular weight is 238 g/mol. The summed E-state index contributed by atoms with van der Waals surface area (Å²) in [5, 5.41) is 3.47. The van der Waals surface area contributed by atoms with Crippen molar-refractivity contribution in [2.24, 2.45) is 11.3 Å². The third-order valence-corrected chi connectivity index (χ3v) is 5.00. The minimum atomic E-state index is 0.545. The van der Waals surface area contributed by atoms with Gasteiger partial charge in [-0.15, -0.1) is 0 Å². The quantitative estimate of drug-likeness (QED) is 0.810. The Balaban J connectivity index is 1.91. The standard InChI is InChI=1S/C15H30N2/c1-4-17(12-13-7-10-16-11-8-13)14-6-5-9-15(14,2)3/h13-14,16H,4-12H2,1-3H3. The maximum absolute atomic E-state index is 3.47. The lowest BCUT2D eigenvalue weighted by Gasteiger charge is -2.39. The van der Waals surface area contributed by atoms with Gasteiger partial charge < -0.3 is 5.32 Å². The van der Waals surface area contributed by atoms with Crippen molar-refractivity contribution in [2.45, 2.75) is 58.9 Å². The highest BCUT2D eigenvalue weighted by Gasteiger charge is 2.38. The average Bonchev–Trinajstić information content (AvgIpc) is 2.67. The van der Waals surface area contributed by atoms with E-state index < -0.39 is 0 Å². The van der Waals surface area contributed by atoms with Crippen LogP contribution in [0.4, 0.5) is 0 Å². The van der Waals surface area contributed by atoms with Gasteiger partial charge in [-0.3, -0.25) is 4.90 Å². The molecule has 1 saturated carbocycles. The van der Waals surface area contributed by atoms with Crippen molar-refractivity contribution >= 4 is 0 Å². The van der Waals surface area contributed by atoms with Gasteiger partial charge in [0.2, 0.25) is 0 Å². The van der Waals surface area contributed by atoms with E-state index in [-0.39, 0.29) is 0 Å². The van der Waals surface area contributed by atoms with Crippen molar-refractivity contribution in [3.63, 3.8) is 0 Å². The molecule has 1 saturated heterocycles. The second-order valence-corrected chi connectivity index (χ2v) is 6.68. The molecule has 2 rings (SSSR count). The molecule has 0 aromatic heterocycles. The summed E-state index contributed by atoms with van der Waals surface area (Å²) in [6, 6.07) is 0.836. The minimum Gasteiger partial charge on any atom is -0.317 e. The number of hydrogen-bond acceptors (Lipinski definition) is 2. The zero-order valence-corrected chi connectivity index (χ0v) is 12.0. The molecule has 100 valence electrons. The molecule has 2 heteroatoms. The van der Waals surface area contributed by atoms with Crippen LogP contribution in [0.3, 0.4) is 0 Å². The Bertz CT molecular complexity index is 231. The Morgan fingerprint density at radius 3 is 2.41 bits per heavy atom. The molecule has 1 atom stereocenters. The maximum Gasteiger partial charge on any atom is 0.0146 e. The van der Waals surface area contributed by atoms with Gasteiger partial charge in [-0.1, -0.05) is 27.2 Å². The molecule has 1 N–H and O–H groups in total. The largest absolute Gasteiger partial charge is 0.317 e. The molecule has 0 amide bonds. The molecule has 1 unspecified atom stereocenters. The first-order chi connectivity index (χ1) is 8.13. The van der Waals surface area contributed by atoms with Crippen LogP contribution >= 0.6 is 0 Å². The fraction of sp³-hybridized carbons (Fsp3) is 1.00. The van der Waals surface area contributed by atoms with Gasteiger partial charge in [0.1, 0.15) is 0 Å². The number of hydrogen-bond donors (Lipinski definition) is 1. The first-order valence-corrected chi connectivity index (χ1v) is 7.58. The lowest BCUT2D eigenvalue weighted by atomic mass is 9.85. The van der Waals surface area contributed by atoms with Crippen LogP contribution in [0.1, 0.15) is 52.9 Å². The lowest BCUT2D eigenvalue weighted by molar-refractivity contribution is 0.0935. The molecular weight excluding hydrogens is 208 g/mol. The molecule has 1 aliphatic heterocycles. The van der Waals surface area contributed by atoms with Gasteiger partial charge in [-0.2, -0.15) is 0 Å². The maximum atomic E-state index is 3.47. The van der Waals surface area contributed by atoms with Crippen molar-refractivity contribution in [2.75, 3.05) is 26.2 Å². The van der Waals surface area contributed by atoms with E-state index in [2.05, 4.69) is 31.0 Å². The topological polar surface area (TPSA) is 15.3 Å². The van der Waals surface area contributed by atoms with Gasteiger partial charge in [0, 0.05) is 12.6 Å². The Morgan fingerprint density at radius 2 is 1.88 bits per heavy atom. The van der Waals surface area contributed by atoms with Crippen molar-refractivity contribution in [3.05, 3.63) is 0 Å². The van der Waals surface area contributed by atoms with Crippen LogP contribution in [0.2, 0.25) is 0 Å². The normalized spacial score (nSPS) is 30.0. The van der Waals surface area contributed by atoms with Crippen LogP contribution in [0, 0.1) is 11.3 Å². The third-order valence-electron chi connectivity index (χ3n) is 5.00. The summed E-state index contributed by atoms with van der Waals surface area (Å²) in [4.78, 5) is 2.78. The molecule has 2 aliphatic rings. The molecular formula is C15H30N2. The van der Waals surface area contributed by atoms with E-state index in [9.17, 15) is 0 Å². The molecule has 1 aliphatic carbocycles. The fourth-order valence-corrected chi connectivity index (χ4v) is 3.86. The van der Waals surface area contributed by atoms with Crippen LogP contribution < -0.4 is 5.32 Å². The second-order valence-electron chi connectivity index (χ2n) is 6.68. The van der Waals surface area contributed by atoms with Crippen molar-refractivity contribution in [3.8, 4) is 0 Å². The van der Waals surface area contributed by atoms with Crippen LogP contribution in [-0.4, -0.2) is 37.1 Å². The number of nitrogens with zero attached hydrogens (tertiary/aromatic N) is 1. The highest BCUT2D eigenvalue weighted by atomic mass is 15.2. The van der Waals surface area contributed by atoms with E-state index in [1.54, 1.807) is 0 Å². The number of nitrogens with one attached hydrogen (secondary N) is 1. The molecule has 17 heavy (non-hydrogen) atoms. The highest BCUT2D eigenvalue weighted by Crippen LogP contribution is 2.40. The molecule has 1 heterocycles. The Labute approximate surface area is 107 Å². The van der Waals surface area contributed by atoms with Crippen molar-refractivity contribution in [1.82, 2.24) is 10.2 Å². The van der Waals surface area contributed by atoms with Crippen LogP contribution in [0.15, 0.2) is 0 Å². The van der Waals surface area contributed by atoms with E-state index in [0.29, 0.717) is 5.41 Å². The van der Waals surface area contributed by atoms with Crippen molar-refractivity contribution < 1.29 is 0 Å². The predicted molar refractivity (Wildman–Crippen MR) is 74.3 cm³/mol. The van der Waals surface area contributed by atoms with E-state index in [0.717, 1.165) is 12.0 Å².